The molecule has 124 valence electrons. The van der Waals surface area contributed by atoms with E-state index in [0.29, 0.717) is 23.2 Å². The van der Waals surface area contributed by atoms with Crippen molar-refractivity contribution in [3.8, 4) is 17.5 Å². The summed E-state index contributed by atoms with van der Waals surface area (Å²) in [6, 6.07) is 15.4. The Kier molecular flexibility index (Phi) is 4.09. The van der Waals surface area contributed by atoms with Crippen molar-refractivity contribution in [3.63, 3.8) is 0 Å². The van der Waals surface area contributed by atoms with Gasteiger partial charge in [-0.15, -0.1) is 0 Å². The lowest BCUT2D eigenvalue weighted by Crippen LogP contribution is -2.40. The van der Waals surface area contributed by atoms with Gasteiger partial charge >= 0.3 is 0 Å². The Bertz CT molecular complexity index is 1040. The normalized spacial score (nSPS) is 14.0. The molecule has 0 radical (unpaired) electrons. The maximum Gasteiger partial charge on any atom is 0.267 e. The van der Waals surface area contributed by atoms with Gasteiger partial charge in [-0.25, -0.2) is 4.98 Å². The number of rotatable bonds is 2. The number of para-hydroxylation sites is 1. The Hall–Kier alpha value is -2.90. The van der Waals surface area contributed by atoms with Crippen molar-refractivity contribution in [2.45, 2.75) is 13.3 Å². The van der Waals surface area contributed by atoms with Crippen LogP contribution in [-0.4, -0.2) is 22.6 Å². The first-order valence-corrected chi connectivity index (χ1v) is 8.60. The molecule has 0 amide bonds. The lowest BCUT2D eigenvalue weighted by Gasteiger charge is -2.21. The summed E-state index contributed by atoms with van der Waals surface area (Å²) < 4.78 is 1.71. The van der Waals surface area contributed by atoms with Gasteiger partial charge in [-0.1, -0.05) is 43.0 Å². The van der Waals surface area contributed by atoms with E-state index in [-0.39, 0.29) is 5.56 Å². The van der Waals surface area contributed by atoms with Gasteiger partial charge in [-0.05, 0) is 24.3 Å². The maximum absolute atomic E-state index is 13.3. The Morgan fingerprint density at radius 2 is 1.96 bits per heavy atom. The second kappa shape index (κ2) is 6.54. The van der Waals surface area contributed by atoms with Gasteiger partial charge in [0.15, 0.2) is 0 Å². The van der Waals surface area contributed by atoms with E-state index in [1.807, 2.05) is 55.5 Å². The van der Waals surface area contributed by atoms with E-state index in [1.54, 1.807) is 4.57 Å². The molecule has 2 aromatic carbocycles. The molecule has 3 aromatic rings. The van der Waals surface area contributed by atoms with Gasteiger partial charge in [0.05, 0.1) is 16.6 Å². The quantitative estimate of drug-likeness (QED) is 0.735. The van der Waals surface area contributed by atoms with Crippen molar-refractivity contribution in [1.29, 1.82) is 0 Å². The summed E-state index contributed by atoms with van der Waals surface area (Å²) in [6.45, 7) is 3.86. The van der Waals surface area contributed by atoms with Gasteiger partial charge in [-0.2, -0.15) is 0 Å². The lowest BCUT2D eigenvalue weighted by molar-refractivity contribution is 0.432. The highest BCUT2D eigenvalue weighted by atomic mass is 16.1. The molecule has 4 rings (SSSR count). The predicted octanol–water partition coefficient (Wildman–Crippen LogP) is 2.52. The number of benzene rings is 2. The van der Waals surface area contributed by atoms with Gasteiger partial charge in [0.2, 0.25) is 0 Å². The number of hydrogen-bond donors (Lipinski definition) is 1. The van der Waals surface area contributed by atoms with E-state index < -0.39 is 0 Å². The number of nitrogens with one attached hydrogen (secondary N) is 1. The average Bonchev–Trinajstić information content (AvgIpc) is 2.60. The number of nitrogens with zero attached hydrogens (tertiary/aromatic N) is 2. The van der Waals surface area contributed by atoms with Crippen LogP contribution in [-0.2, 0) is 6.42 Å². The molecule has 1 fully saturated rings. The van der Waals surface area contributed by atoms with E-state index >= 15 is 0 Å². The first-order chi connectivity index (χ1) is 12.3. The Morgan fingerprint density at radius 3 is 2.64 bits per heavy atom. The minimum Gasteiger partial charge on any atom is -0.314 e. The molecule has 2 heterocycles. The minimum absolute atomic E-state index is 0.0512. The van der Waals surface area contributed by atoms with E-state index in [0.717, 1.165) is 30.2 Å². The SMILES string of the molecule is CCc1nc2cccc(C#CC3CNC3)c2c(=O)n1-c1ccccc1. The molecule has 1 aliphatic heterocycles. The largest absolute Gasteiger partial charge is 0.314 e. The molecule has 0 spiro atoms. The highest BCUT2D eigenvalue weighted by molar-refractivity contribution is 5.84. The number of aromatic nitrogens is 2. The zero-order chi connectivity index (χ0) is 17.2. The summed E-state index contributed by atoms with van der Waals surface area (Å²) in [4.78, 5) is 18.0. The monoisotopic (exact) mass is 329 g/mol. The molecule has 0 unspecified atom stereocenters. The fraction of sp³-hybridized carbons (Fsp3) is 0.238. The molecule has 1 aromatic heterocycles. The van der Waals surface area contributed by atoms with Gasteiger partial charge in [0.25, 0.3) is 5.56 Å². The third kappa shape index (κ3) is 2.84. The van der Waals surface area contributed by atoms with E-state index in [9.17, 15) is 4.79 Å². The molecule has 0 bridgehead atoms. The van der Waals surface area contributed by atoms with Crippen molar-refractivity contribution in [3.05, 3.63) is 70.3 Å². The third-order valence-corrected chi connectivity index (χ3v) is 4.49. The predicted molar refractivity (Wildman–Crippen MR) is 100.0 cm³/mol. The number of hydrogen-bond acceptors (Lipinski definition) is 3. The minimum atomic E-state index is -0.0512. The van der Waals surface area contributed by atoms with E-state index in [1.165, 1.54) is 0 Å². The van der Waals surface area contributed by atoms with Crippen molar-refractivity contribution in [2.24, 2.45) is 5.92 Å². The lowest BCUT2D eigenvalue weighted by atomic mass is 10.0. The van der Waals surface area contributed by atoms with Gasteiger partial charge in [0.1, 0.15) is 5.82 Å². The van der Waals surface area contributed by atoms with Crippen molar-refractivity contribution >= 4 is 10.9 Å². The fourth-order valence-corrected chi connectivity index (χ4v) is 3.03. The fourth-order valence-electron chi connectivity index (χ4n) is 3.03. The number of fused-ring (bicyclic) bond motifs is 1. The van der Waals surface area contributed by atoms with E-state index in [2.05, 4.69) is 17.2 Å². The summed E-state index contributed by atoms with van der Waals surface area (Å²) in [5.74, 6) is 7.59. The van der Waals surface area contributed by atoms with Crippen LogP contribution in [0.15, 0.2) is 53.3 Å². The van der Waals surface area contributed by atoms with Gasteiger partial charge < -0.3 is 5.32 Å². The Labute approximate surface area is 146 Å². The van der Waals surface area contributed by atoms with Crippen LogP contribution in [0.4, 0.5) is 0 Å². The van der Waals surface area contributed by atoms with Crippen LogP contribution < -0.4 is 10.9 Å². The van der Waals surface area contributed by atoms with Crippen LogP contribution in [0.25, 0.3) is 16.6 Å². The molecule has 4 nitrogen and oxygen atoms in total. The second-order valence-corrected chi connectivity index (χ2v) is 6.18. The van der Waals surface area contributed by atoms with Gasteiger partial charge in [-0.3, -0.25) is 9.36 Å². The van der Waals surface area contributed by atoms with Crippen LogP contribution >= 0.6 is 0 Å². The molecule has 0 atom stereocenters. The molecule has 1 N–H and O–H groups in total. The molecule has 0 saturated carbocycles. The summed E-state index contributed by atoms with van der Waals surface area (Å²) >= 11 is 0. The molecule has 1 aliphatic rings. The standard InChI is InChI=1S/C21H19N3O/c1-2-19-23-18-10-6-7-16(12-11-15-13-22-14-15)20(18)21(25)24(19)17-8-4-3-5-9-17/h3-10,15,22H,2,13-14H2,1H3. The molecule has 4 heteroatoms. The molecular formula is C21H19N3O. The first-order valence-electron chi connectivity index (χ1n) is 8.60. The highest BCUT2D eigenvalue weighted by Gasteiger charge is 2.15. The van der Waals surface area contributed by atoms with Crippen LogP contribution in [0.3, 0.4) is 0 Å². The van der Waals surface area contributed by atoms with Crippen LogP contribution in [0.5, 0.6) is 0 Å². The zero-order valence-electron chi connectivity index (χ0n) is 14.1. The molecule has 0 aliphatic carbocycles. The summed E-state index contributed by atoms with van der Waals surface area (Å²) in [6.07, 6.45) is 0.684. The molecule has 25 heavy (non-hydrogen) atoms. The molecule has 1 saturated heterocycles. The van der Waals surface area contributed by atoms with Crippen LogP contribution in [0.2, 0.25) is 0 Å². The van der Waals surface area contributed by atoms with Crippen LogP contribution in [0, 0.1) is 17.8 Å². The third-order valence-electron chi connectivity index (χ3n) is 4.49. The van der Waals surface area contributed by atoms with Crippen LogP contribution in [0.1, 0.15) is 18.3 Å². The van der Waals surface area contributed by atoms with E-state index in [4.69, 9.17) is 4.98 Å². The summed E-state index contributed by atoms with van der Waals surface area (Å²) in [7, 11) is 0. The Morgan fingerprint density at radius 1 is 1.16 bits per heavy atom. The topological polar surface area (TPSA) is 46.9 Å². The molecular weight excluding hydrogens is 310 g/mol. The van der Waals surface area contributed by atoms with Crippen molar-refractivity contribution < 1.29 is 0 Å². The van der Waals surface area contributed by atoms with Crippen molar-refractivity contribution in [2.75, 3.05) is 13.1 Å². The summed E-state index contributed by atoms with van der Waals surface area (Å²) in [5, 5.41) is 3.81. The first kappa shape index (κ1) is 15.6. The highest BCUT2D eigenvalue weighted by Crippen LogP contribution is 2.17. The maximum atomic E-state index is 13.3. The Balaban J connectivity index is 1.97. The smallest absolute Gasteiger partial charge is 0.267 e. The van der Waals surface area contributed by atoms with Crippen molar-refractivity contribution in [1.82, 2.24) is 14.9 Å². The van der Waals surface area contributed by atoms with Gasteiger partial charge in [0, 0.05) is 31.0 Å². The number of aryl methyl sites for hydroxylation is 1. The summed E-state index contributed by atoms with van der Waals surface area (Å²) in [5.41, 5.74) is 2.26. The average molecular weight is 329 g/mol. The zero-order valence-corrected chi connectivity index (χ0v) is 14.1. The second-order valence-electron chi connectivity index (χ2n) is 6.18.